The number of para-hydroxylation sites is 2. The molecule has 0 unspecified atom stereocenters. The van der Waals surface area contributed by atoms with Crippen LogP contribution in [-0.4, -0.2) is 38.9 Å². The number of carbonyl (C=O) groups excluding carboxylic acids is 2. The summed E-state index contributed by atoms with van der Waals surface area (Å²) in [4.78, 5) is 32.7. The number of fused-ring (bicyclic) bond motifs is 1. The largest absolute Gasteiger partial charge is 0.327 e. The van der Waals surface area contributed by atoms with Crippen molar-refractivity contribution in [2.75, 3.05) is 11.9 Å². The van der Waals surface area contributed by atoms with Gasteiger partial charge in [0.05, 0.1) is 15.9 Å². The number of anilines is 1. The van der Waals surface area contributed by atoms with E-state index >= 15 is 0 Å². The van der Waals surface area contributed by atoms with Crippen LogP contribution in [0.15, 0.2) is 66.0 Å². The quantitative estimate of drug-likeness (QED) is 0.517. The van der Waals surface area contributed by atoms with Crippen LogP contribution in [0.2, 0.25) is 0 Å². The van der Waals surface area contributed by atoms with E-state index in [1.807, 2.05) is 67.0 Å². The van der Waals surface area contributed by atoms with E-state index in [9.17, 15) is 9.59 Å². The summed E-state index contributed by atoms with van der Waals surface area (Å²) in [7, 11) is 2.00. The van der Waals surface area contributed by atoms with Gasteiger partial charge in [0.15, 0.2) is 0 Å². The minimum atomic E-state index is -0.436. The number of rotatable bonds is 4. The first-order valence-corrected chi connectivity index (χ1v) is 11.2. The number of hydrogen-bond acceptors (Lipinski definition) is 4. The molecule has 2 amide bonds. The second kappa shape index (κ2) is 8.00. The van der Waals surface area contributed by atoms with Crippen molar-refractivity contribution < 1.29 is 9.59 Å². The highest BCUT2D eigenvalue weighted by molar-refractivity contribution is 7.12. The van der Waals surface area contributed by atoms with E-state index in [4.69, 9.17) is 4.98 Å². The first kappa shape index (κ1) is 19.5. The maximum Gasteiger partial charge on any atom is 0.264 e. The lowest BCUT2D eigenvalue weighted by Crippen LogP contribution is -2.42. The van der Waals surface area contributed by atoms with E-state index < -0.39 is 6.04 Å². The summed E-state index contributed by atoms with van der Waals surface area (Å²) in [5.41, 5.74) is 3.72. The highest BCUT2D eigenvalue weighted by Gasteiger charge is 2.34. The van der Waals surface area contributed by atoms with Crippen molar-refractivity contribution in [1.29, 1.82) is 0 Å². The zero-order valence-electron chi connectivity index (χ0n) is 17.1. The molecular weight excluding hydrogens is 408 g/mol. The first-order valence-electron chi connectivity index (χ1n) is 10.3. The predicted molar refractivity (Wildman–Crippen MR) is 123 cm³/mol. The monoisotopic (exact) mass is 430 g/mol. The molecule has 1 aliphatic heterocycles. The molecule has 7 heteroatoms. The van der Waals surface area contributed by atoms with Gasteiger partial charge >= 0.3 is 0 Å². The van der Waals surface area contributed by atoms with Crippen LogP contribution in [-0.2, 0) is 11.8 Å². The number of imidazole rings is 1. The standard InChI is InChI=1S/C24H22N4O2S/c1-27-19-7-3-2-6-18(19)26-22(27)16-10-12-17(13-11-16)25-23(29)20-8-4-14-28(20)24(30)21-9-5-15-31-21/h2-3,5-7,9-13,15,20H,4,8,14H2,1H3,(H,25,29)/t20-/m0/s1. The number of amides is 2. The summed E-state index contributed by atoms with van der Waals surface area (Å²) >= 11 is 1.41. The molecule has 1 atom stereocenters. The van der Waals surface area contributed by atoms with Gasteiger partial charge in [-0.1, -0.05) is 18.2 Å². The summed E-state index contributed by atoms with van der Waals surface area (Å²) in [5, 5.41) is 4.86. The van der Waals surface area contributed by atoms with Gasteiger partial charge in [-0.3, -0.25) is 9.59 Å². The third kappa shape index (κ3) is 3.61. The van der Waals surface area contributed by atoms with Crippen LogP contribution in [0, 0.1) is 0 Å². The second-order valence-corrected chi connectivity index (χ2v) is 8.63. The smallest absolute Gasteiger partial charge is 0.264 e. The van der Waals surface area contributed by atoms with Gasteiger partial charge < -0.3 is 14.8 Å². The molecule has 4 aromatic rings. The number of nitrogens with one attached hydrogen (secondary N) is 1. The van der Waals surface area contributed by atoms with Crippen molar-refractivity contribution in [3.05, 3.63) is 70.9 Å². The predicted octanol–water partition coefficient (Wildman–Crippen LogP) is 4.55. The number of hydrogen-bond donors (Lipinski definition) is 1. The van der Waals surface area contributed by atoms with Crippen LogP contribution in [0.3, 0.4) is 0 Å². The first-order chi connectivity index (χ1) is 15.1. The van der Waals surface area contributed by atoms with Gasteiger partial charge in [-0.25, -0.2) is 4.98 Å². The molecule has 0 radical (unpaired) electrons. The number of aromatic nitrogens is 2. The molecule has 1 aliphatic rings. The number of thiophene rings is 1. The molecular formula is C24H22N4O2S. The highest BCUT2D eigenvalue weighted by atomic mass is 32.1. The molecule has 0 bridgehead atoms. The van der Waals surface area contributed by atoms with Crippen LogP contribution < -0.4 is 5.32 Å². The Bertz CT molecular complexity index is 1240. The summed E-state index contributed by atoms with van der Waals surface area (Å²) in [6.07, 6.45) is 1.52. The van der Waals surface area contributed by atoms with Crippen LogP contribution in [0.4, 0.5) is 5.69 Å². The van der Waals surface area contributed by atoms with Crippen molar-refractivity contribution in [1.82, 2.24) is 14.5 Å². The Kier molecular flexibility index (Phi) is 5.03. The molecule has 2 aromatic carbocycles. The molecule has 0 saturated carbocycles. The third-order valence-corrected chi connectivity index (χ3v) is 6.60. The molecule has 156 valence electrons. The van der Waals surface area contributed by atoms with Crippen molar-refractivity contribution in [2.24, 2.45) is 7.05 Å². The average molecular weight is 431 g/mol. The van der Waals surface area contributed by atoms with Gasteiger partial charge in [0, 0.05) is 24.8 Å². The molecule has 3 heterocycles. The number of aryl methyl sites for hydroxylation is 1. The summed E-state index contributed by atoms with van der Waals surface area (Å²) in [6, 6.07) is 18.9. The maximum absolute atomic E-state index is 12.9. The van der Waals surface area contributed by atoms with Crippen molar-refractivity contribution in [2.45, 2.75) is 18.9 Å². The topological polar surface area (TPSA) is 67.2 Å². The fourth-order valence-electron chi connectivity index (χ4n) is 4.16. The lowest BCUT2D eigenvalue weighted by atomic mass is 10.1. The lowest BCUT2D eigenvalue weighted by molar-refractivity contribution is -0.119. The Labute approximate surface area is 184 Å². The van der Waals surface area contributed by atoms with Gasteiger partial charge in [-0.05, 0) is 60.7 Å². The van der Waals surface area contributed by atoms with E-state index in [-0.39, 0.29) is 11.8 Å². The van der Waals surface area contributed by atoms with E-state index in [1.54, 1.807) is 11.0 Å². The molecule has 2 aromatic heterocycles. The minimum absolute atomic E-state index is 0.0650. The number of benzene rings is 2. The van der Waals surface area contributed by atoms with Crippen LogP contribution in [0.5, 0.6) is 0 Å². The van der Waals surface area contributed by atoms with Crippen molar-refractivity contribution in [3.63, 3.8) is 0 Å². The van der Waals surface area contributed by atoms with Gasteiger partial charge in [0.25, 0.3) is 5.91 Å². The van der Waals surface area contributed by atoms with Crippen molar-refractivity contribution >= 4 is 39.9 Å². The fraction of sp³-hybridized carbons (Fsp3) is 0.208. The van der Waals surface area contributed by atoms with E-state index in [2.05, 4.69) is 9.88 Å². The lowest BCUT2D eigenvalue weighted by Gasteiger charge is -2.23. The average Bonchev–Trinajstić information content (AvgIpc) is 3.55. The Morgan fingerprint density at radius 3 is 2.61 bits per heavy atom. The molecule has 0 aliphatic carbocycles. The molecule has 1 N–H and O–H groups in total. The molecule has 6 nitrogen and oxygen atoms in total. The zero-order chi connectivity index (χ0) is 21.4. The molecule has 31 heavy (non-hydrogen) atoms. The van der Waals surface area contributed by atoms with Crippen LogP contribution in [0.25, 0.3) is 22.4 Å². The second-order valence-electron chi connectivity index (χ2n) is 7.68. The Morgan fingerprint density at radius 2 is 1.87 bits per heavy atom. The summed E-state index contributed by atoms with van der Waals surface area (Å²) in [5.74, 6) is 0.672. The van der Waals surface area contributed by atoms with Gasteiger partial charge in [0.1, 0.15) is 11.9 Å². The number of carbonyl (C=O) groups is 2. The molecule has 1 saturated heterocycles. The van der Waals surface area contributed by atoms with Gasteiger partial charge in [-0.15, -0.1) is 11.3 Å². The SMILES string of the molecule is Cn1c(-c2ccc(NC(=O)[C@@H]3CCCN3C(=O)c3cccs3)cc2)nc2ccccc21. The fourth-order valence-corrected chi connectivity index (χ4v) is 4.84. The summed E-state index contributed by atoms with van der Waals surface area (Å²) in [6.45, 7) is 0.612. The Morgan fingerprint density at radius 1 is 1.06 bits per heavy atom. The van der Waals surface area contributed by atoms with E-state index in [0.29, 0.717) is 23.5 Å². The van der Waals surface area contributed by atoms with Crippen LogP contribution in [0.1, 0.15) is 22.5 Å². The van der Waals surface area contributed by atoms with Crippen LogP contribution >= 0.6 is 11.3 Å². The Hall–Kier alpha value is -3.45. The van der Waals surface area contributed by atoms with Gasteiger partial charge in [-0.2, -0.15) is 0 Å². The highest BCUT2D eigenvalue weighted by Crippen LogP contribution is 2.26. The molecule has 1 fully saturated rings. The molecule has 5 rings (SSSR count). The van der Waals surface area contributed by atoms with Gasteiger partial charge in [0.2, 0.25) is 5.91 Å². The van der Waals surface area contributed by atoms with E-state index in [1.165, 1.54) is 11.3 Å². The normalized spacial score (nSPS) is 16.0. The minimum Gasteiger partial charge on any atom is -0.327 e. The third-order valence-electron chi connectivity index (χ3n) is 5.75. The summed E-state index contributed by atoms with van der Waals surface area (Å²) < 4.78 is 2.06. The number of likely N-dealkylation sites (tertiary alicyclic amines) is 1. The molecule has 0 spiro atoms. The Balaban J connectivity index is 1.32. The number of nitrogens with zero attached hydrogens (tertiary/aromatic N) is 3. The zero-order valence-corrected chi connectivity index (χ0v) is 17.9. The van der Waals surface area contributed by atoms with E-state index in [0.717, 1.165) is 28.8 Å². The van der Waals surface area contributed by atoms with Crippen molar-refractivity contribution in [3.8, 4) is 11.4 Å². The maximum atomic E-state index is 12.9.